The molecule has 2 N–H and O–H groups in total. The van der Waals surface area contributed by atoms with Crippen LogP contribution in [0, 0.1) is 0 Å². The van der Waals surface area contributed by atoms with Gasteiger partial charge < -0.3 is 5.32 Å². The number of fused-ring (bicyclic) bond motifs is 1. The van der Waals surface area contributed by atoms with Crippen molar-refractivity contribution in [3.8, 4) is 0 Å². The van der Waals surface area contributed by atoms with Crippen molar-refractivity contribution in [1.29, 1.82) is 0 Å². The van der Waals surface area contributed by atoms with Crippen LogP contribution in [0.3, 0.4) is 0 Å². The Morgan fingerprint density at radius 2 is 1.71 bits per heavy atom. The Labute approximate surface area is 187 Å². The molecule has 5 nitrogen and oxygen atoms in total. The SMILES string of the molecule is CC(NC(=O)c1cc(NS(=O)(=O)c2ccccc2)ccc1Cl)c1ccc2c(c1)CCC2. The molecule has 1 aliphatic carbocycles. The van der Waals surface area contributed by atoms with Crippen LogP contribution in [0.4, 0.5) is 5.69 Å². The number of amides is 1. The van der Waals surface area contributed by atoms with E-state index in [9.17, 15) is 13.2 Å². The number of carbonyl (C=O) groups excluding carboxylic acids is 1. The molecule has 1 amide bonds. The number of anilines is 1. The number of benzene rings is 3. The predicted octanol–water partition coefficient (Wildman–Crippen LogP) is 5.12. The van der Waals surface area contributed by atoms with Gasteiger partial charge in [0.1, 0.15) is 0 Å². The molecule has 31 heavy (non-hydrogen) atoms. The Balaban J connectivity index is 1.52. The molecule has 3 aromatic carbocycles. The van der Waals surface area contributed by atoms with Gasteiger partial charge in [-0.1, -0.05) is 48.0 Å². The lowest BCUT2D eigenvalue weighted by molar-refractivity contribution is 0.0940. The molecule has 0 saturated carbocycles. The van der Waals surface area contributed by atoms with Gasteiger partial charge in [-0.3, -0.25) is 9.52 Å². The molecule has 4 rings (SSSR count). The van der Waals surface area contributed by atoms with Crippen molar-refractivity contribution < 1.29 is 13.2 Å². The van der Waals surface area contributed by atoms with Gasteiger partial charge in [0.05, 0.1) is 21.5 Å². The average Bonchev–Trinajstić information content (AvgIpc) is 3.23. The molecule has 1 aliphatic rings. The Kier molecular flexibility index (Phi) is 6.03. The van der Waals surface area contributed by atoms with Crippen LogP contribution in [-0.2, 0) is 22.9 Å². The normalized spacial score (nSPS) is 14.0. The smallest absolute Gasteiger partial charge is 0.261 e. The van der Waals surface area contributed by atoms with Gasteiger partial charge in [0, 0.05) is 5.69 Å². The molecular weight excluding hydrogens is 432 g/mol. The maximum Gasteiger partial charge on any atom is 0.261 e. The van der Waals surface area contributed by atoms with Crippen molar-refractivity contribution in [2.24, 2.45) is 0 Å². The first kappa shape index (κ1) is 21.4. The van der Waals surface area contributed by atoms with Gasteiger partial charge in [-0.15, -0.1) is 0 Å². The molecule has 160 valence electrons. The van der Waals surface area contributed by atoms with Gasteiger partial charge in [-0.05, 0) is 73.2 Å². The third-order valence-electron chi connectivity index (χ3n) is 5.49. The van der Waals surface area contributed by atoms with E-state index in [1.165, 1.54) is 47.9 Å². The Morgan fingerprint density at radius 3 is 2.48 bits per heavy atom. The highest BCUT2D eigenvalue weighted by Crippen LogP contribution is 2.27. The van der Waals surface area contributed by atoms with Crippen LogP contribution in [0.1, 0.15) is 46.4 Å². The molecular formula is C24H23ClN2O3S. The van der Waals surface area contributed by atoms with Gasteiger partial charge in [0.25, 0.3) is 15.9 Å². The number of halogens is 1. The zero-order valence-electron chi connectivity index (χ0n) is 17.1. The highest BCUT2D eigenvalue weighted by molar-refractivity contribution is 7.92. The first-order valence-electron chi connectivity index (χ1n) is 10.1. The Morgan fingerprint density at radius 1 is 0.968 bits per heavy atom. The summed E-state index contributed by atoms with van der Waals surface area (Å²) in [5.41, 5.74) is 4.23. The fourth-order valence-corrected chi connectivity index (χ4v) is 5.07. The van der Waals surface area contributed by atoms with Gasteiger partial charge in [0.15, 0.2) is 0 Å². The van der Waals surface area contributed by atoms with E-state index in [-0.39, 0.29) is 33.1 Å². The van der Waals surface area contributed by atoms with Crippen LogP contribution in [0.25, 0.3) is 0 Å². The summed E-state index contributed by atoms with van der Waals surface area (Å²) in [5.74, 6) is -0.362. The van der Waals surface area contributed by atoms with E-state index in [0.29, 0.717) is 0 Å². The third-order valence-corrected chi connectivity index (χ3v) is 7.21. The molecule has 0 spiro atoms. The second kappa shape index (κ2) is 8.73. The molecule has 1 atom stereocenters. The zero-order valence-corrected chi connectivity index (χ0v) is 18.6. The van der Waals surface area contributed by atoms with Crippen LogP contribution < -0.4 is 10.0 Å². The summed E-state index contributed by atoms with van der Waals surface area (Å²) >= 11 is 6.25. The summed E-state index contributed by atoms with van der Waals surface area (Å²) in [7, 11) is -3.77. The first-order chi connectivity index (χ1) is 14.8. The number of hydrogen-bond donors (Lipinski definition) is 2. The van der Waals surface area contributed by atoms with E-state index >= 15 is 0 Å². The van der Waals surface area contributed by atoms with Gasteiger partial charge in [0.2, 0.25) is 0 Å². The number of carbonyl (C=O) groups is 1. The topological polar surface area (TPSA) is 75.3 Å². The van der Waals surface area contributed by atoms with Crippen molar-refractivity contribution in [2.45, 2.75) is 37.1 Å². The van der Waals surface area contributed by atoms with Gasteiger partial charge in [-0.2, -0.15) is 0 Å². The van der Waals surface area contributed by atoms with Crippen molar-refractivity contribution in [3.63, 3.8) is 0 Å². The first-order valence-corrected chi connectivity index (χ1v) is 12.0. The second-order valence-electron chi connectivity index (χ2n) is 7.69. The highest BCUT2D eigenvalue weighted by atomic mass is 35.5. The minimum Gasteiger partial charge on any atom is -0.345 e. The van der Waals surface area contributed by atoms with Crippen LogP contribution >= 0.6 is 11.6 Å². The van der Waals surface area contributed by atoms with Crippen LogP contribution in [0.2, 0.25) is 5.02 Å². The fourth-order valence-electron chi connectivity index (χ4n) is 3.80. The Bertz CT molecular complexity index is 1230. The van der Waals surface area contributed by atoms with Crippen LogP contribution in [0.15, 0.2) is 71.6 Å². The summed E-state index contributed by atoms with van der Waals surface area (Å²) in [6.07, 6.45) is 3.34. The summed E-state index contributed by atoms with van der Waals surface area (Å²) in [6, 6.07) is 18.7. The molecule has 0 fully saturated rings. The molecule has 1 unspecified atom stereocenters. The fraction of sp³-hybridized carbons (Fsp3) is 0.208. The van der Waals surface area contributed by atoms with Crippen molar-refractivity contribution >= 4 is 33.2 Å². The van der Waals surface area contributed by atoms with E-state index in [1.807, 2.05) is 13.0 Å². The molecule has 3 aromatic rings. The number of sulfonamides is 1. The lowest BCUT2D eigenvalue weighted by atomic mass is 10.0. The third kappa shape index (κ3) is 4.75. The molecule has 0 heterocycles. The second-order valence-corrected chi connectivity index (χ2v) is 9.78. The number of nitrogens with one attached hydrogen (secondary N) is 2. The molecule has 0 aromatic heterocycles. The molecule has 0 radical (unpaired) electrons. The maximum atomic E-state index is 12.9. The largest absolute Gasteiger partial charge is 0.345 e. The van der Waals surface area contributed by atoms with Gasteiger partial charge in [-0.25, -0.2) is 8.42 Å². The van der Waals surface area contributed by atoms with Crippen LogP contribution in [0.5, 0.6) is 0 Å². The van der Waals surface area contributed by atoms with E-state index in [1.54, 1.807) is 18.2 Å². The van der Waals surface area contributed by atoms with E-state index in [0.717, 1.165) is 18.4 Å². The Hall–Kier alpha value is -2.83. The van der Waals surface area contributed by atoms with E-state index in [4.69, 9.17) is 11.6 Å². The van der Waals surface area contributed by atoms with Crippen molar-refractivity contribution in [2.75, 3.05) is 4.72 Å². The monoisotopic (exact) mass is 454 g/mol. The lowest BCUT2D eigenvalue weighted by Gasteiger charge is -2.17. The van der Waals surface area contributed by atoms with E-state index in [2.05, 4.69) is 22.2 Å². The van der Waals surface area contributed by atoms with Crippen molar-refractivity contribution in [3.05, 3.63) is 94.0 Å². The lowest BCUT2D eigenvalue weighted by Crippen LogP contribution is -2.27. The minimum atomic E-state index is -3.77. The quantitative estimate of drug-likeness (QED) is 0.542. The van der Waals surface area contributed by atoms with Gasteiger partial charge >= 0.3 is 0 Å². The number of aryl methyl sites for hydroxylation is 2. The summed E-state index contributed by atoms with van der Waals surface area (Å²) < 4.78 is 27.7. The minimum absolute atomic E-state index is 0.140. The molecule has 0 saturated heterocycles. The standard InChI is InChI=1S/C24H23ClN2O3S/c1-16(18-11-10-17-6-5-7-19(17)14-18)26-24(28)22-15-20(12-13-23(22)25)27-31(29,30)21-8-3-2-4-9-21/h2-4,8-16,27H,5-7H2,1H3,(H,26,28). The number of rotatable bonds is 6. The van der Waals surface area contributed by atoms with E-state index < -0.39 is 10.0 Å². The zero-order chi connectivity index (χ0) is 22.0. The van der Waals surface area contributed by atoms with Crippen molar-refractivity contribution in [1.82, 2.24) is 5.32 Å². The van der Waals surface area contributed by atoms with Crippen LogP contribution in [-0.4, -0.2) is 14.3 Å². The summed E-state index contributed by atoms with van der Waals surface area (Å²) in [5, 5.41) is 3.22. The molecule has 0 aliphatic heterocycles. The molecule has 0 bridgehead atoms. The predicted molar refractivity (Wildman–Crippen MR) is 123 cm³/mol. The average molecular weight is 455 g/mol. The maximum absolute atomic E-state index is 12.9. The highest BCUT2D eigenvalue weighted by Gasteiger charge is 2.19. The molecule has 7 heteroatoms. The summed E-state index contributed by atoms with van der Waals surface area (Å²) in [4.78, 5) is 13.0. The summed E-state index contributed by atoms with van der Waals surface area (Å²) in [6.45, 7) is 1.92. The number of hydrogen-bond acceptors (Lipinski definition) is 3.